The van der Waals surface area contributed by atoms with E-state index < -0.39 is 0 Å². The van der Waals surface area contributed by atoms with Crippen molar-refractivity contribution in [2.75, 3.05) is 19.6 Å². The number of unbranched alkanes of at least 4 members (excludes halogenated alkanes) is 1. The minimum atomic E-state index is 0.251. The van der Waals surface area contributed by atoms with Gasteiger partial charge in [-0.05, 0) is 44.6 Å². The summed E-state index contributed by atoms with van der Waals surface area (Å²) in [4.78, 5) is 14.6. The second kappa shape index (κ2) is 8.52. The third kappa shape index (κ3) is 4.60. The summed E-state index contributed by atoms with van der Waals surface area (Å²) >= 11 is 0. The maximum absolute atomic E-state index is 12.5. The van der Waals surface area contributed by atoms with Gasteiger partial charge < -0.3 is 10.6 Å². The average Bonchev–Trinajstić information content (AvgIpc) is 2.40. The van der Waals surface area contributed by atoms with Gasteiger partial charge in [0, 0.05) is 19.0 Å². The smallest absolute Gasteiger partial charge is 0.225 e. The van der Waals surface area contributed by atoms with Crippen LogP contribution in [0.25, 0.3) is 0 Å². The number of piperidine rings is 1. The Labute approximate surface area is 112 Å². The summed E-state index contributed by atoms with van der Waals surface area (Å²) in [7, 11) is 0. The van der Waals surface area contributed by atoms with Gasteiger partial charge in [-0.15, -0.1) is 0 Å². The highest BCUT2D eigenvalue weighted by Crippen LogP contribution is 2.23. The van der Waals surface area contributed by atoms with E-state index in [0.29, 0.717) is 11.8 Å². The predicted octanol–water partition coefficient (Wildman–Crippen LogP) is 2.79. The summed E-state index contributed by atoms with van der Waals surface area (Å²) in [6, 6.07) is 0. The summed E-state index contributed by atoms with van der Waals surface area (Å²) in [5.41, 5.74) is 5.63. The molecule has 1 saturated heterocycles. The lowest BCUT2D eigenvalue weighted by atomic mass is 9.92. The van der Waals surface area contributed by atoms with Crippen LogP contribution in [0, 0.1) is 11.8 Å². The topological polar surface area (TPSA) is 46.3 Å². The molecule has 1 rings (SSSR count). The Morgan fingerprint density at radius 3 is 2.83 bits per heavy atom. The number of hydrogen-bond acceptors (Lipinski definition) is 2. The largest absolute Gasteiger partial charge is 0.342 e. The van der Waals surface area contributed by atoms with Crippen LogP contribution in [0.5, 0.6) is 0 Å². The summed E-state index contributed by atoms with van der Waals surface area (Å²) in [5.74, 6) is 1.28. The van der Waals surface area contributed by atoms with Gasteiger partial charge in [-0.3, -0.25) is 4.79 Å². The summed E-state index contributed by atoms with van der Waals surface area (Å²) in [5, 5.41) is 0. The van der Waals surface area contributed by atoms with Crippen molar-refractivity contribution < 1.29 is 4.79 Å². The number of likely N-dealkylation sites (tertiary alicyclic amines) is 1. The van der Waals surface area contributed by atoms with E-state index in [1.807, 2.05) is 0 Å². The van der Waals surface area contributed by atoms with E-state index in [0.717, 1.165) is 45.3 Å². The average molecular weight is 254 g/mol. The van der Waals surface area contributed by atoms with Crippen molar-refractivity contribution in [3.8, 4) is 0 Å². The first-order chi connectivity index (χ1) is 8.72. The molecule has 0 spiro atoms. The van der Waals surface area contributed by atoms with Crippen LogP contribution in [-0.4, -0.2) is 30.4 Å². The molecular weight excluding hydrogens is 224 g/mol. The molecule has 0 saturated carbocycles. The number of amides is 1. The van der Waals surface area contributed by atoms with Crippen molar-refractivity contribution in [3.63, 3.8) is 0 Å². The van der Waals surface area contributed by atoms with Crippen LogP contribution < -0.4 is 5.73 Å². The lowest BCUT2D eigenvalue weighted by molar-refractivity contribution is -0.137. The molecule has 106 valence electrons. The summed E-state index contributed by atoms with van der Waals surface area (Å²) in [6.07, 6.45) is 7.85. The predicted molar refractivity (Wildman–Crippen MR) is 76.3 cm³/mol. The van der Waals surface area contributed by atoms with Crippen LogP contribution in [0.15, 0.2) is 0 Å². The molecule has 0 aliphatic carbocycles. The molecule has 0 aromatic rings. The Morgan fingerprint density at radius 1 is 1.44 bits per heavy atom. The fourth-order valence-electron chi connectivity index (χ4n) is 2.95. The molecule has 1 aliphatic rings. The number of nitrogens with zero attached hydrogens (tertiary/aromatic N) is 1. The van der Waals surface area contributed by atoms with E-state index in [1.165, 1.54) is 19.3 Å². The van der Waals surface area contributed by atoms with Gasteiger partial charge in [0.05, 0.1) is 0 Å². The quantitative estimate of drug-likeness (QED) is 0.759. The second-order valence-corrected chi connectivity index (χ2v) is 5.62. The molecule has 2 unspecified atom stereocenters. The number of rotatable bonds is 7. The number of hydrogen-bond donors (Lipinski definition) is 1. The second-order valence-electron chi connectivity index (χ2n) is 5.62. The molecule has 3 heteroatoms. The van der Waals surface area contributed by atoms with E-state index in [9.17, 15) is 4.79 Å². The molecule has 1 heterocycles. The fourth-order valence-corrected chi connectivity index (χ4v) is 2.95. The highest BCUT2D eigenvalue weighted by molar-refractivity contribution is 5.78. The van der Waals surface area contributed by atoms with Gasteiger partial charge in [-0.25, -0.2) is 0 Å². The van der Waals surface area contributed by atoms with Gasteiger partial charge in [0.1, 0.15) is 0 Å². The Hall–Kier alpha value is -0.570. The normalized spacial score (nSPS) is 21.9. The van der Waals surface area contributed by atoms with Crippen LogP contribution in [0.3, 0.4) is 0 Å². The van der Waals surface area contributed by atoms with Gasteiger partial charge in [0.2, 0.25) is 5.91 Å². The lowest BCUT2D eigenvalue weighted by Crippen LogP contribution is -2.43. The SMILES string of the molecule is CCCCC(CC)C(=O)N1CCCC(CCN)C1. The summed E-state index contributed by atoms with van der Waals surface area (Å²) in [6.45, 7) is 6.98. The maximum Gasteiger partial charge on any atom is 0.225 e. The van der Waals surface area contributed by atoms with Crippen LogP contribution in [0.2, 0.25) is 0 Å². The van der Waals surface area contributed by atoms with E-state index in [2.05, 4.69) is 18.7 Å². The van der Waals surface area contributed by atoms with Crippen molar-refractivity contribution in [3.05, 3.63) is 0 Å². The van der Waals surface area contributed by atoms with Gasteiger partial charge in [0.15, 0.2) is 0 Å². The van der Waals surface area contributed by atoms with Gasteiger partial charge in [-0.1, -0.05) is 26.7 Å². The van der Waals surface area contributed by atoms with Crippen LogP contribution >= 0.6 is 0 Å². The van der Waals surface area contributed by atoms with Gasteiger partial charge in [-0.2, -0.15) is 0 Å². The zero-order valence-corrected chi connectivity index (χ0v) is 12.2. The molecule has 2 N–H and O–H groups in total. The van der Waals surface area contributed by atoms with Gasteiger partial charge in [0.25, 0.3) is 0 Å². The van der Waals surface area contributed by atoms with E-state index >= 15 is 0 Å². The molecule has 0 aromatic carbocycles. The van der Waals surface area contributed by atoms with E-state index in [-0.39, 0.29) is 5.92 Å². The third-order valence-corrected chi connectivity index (χ3v) is 4.15. The molecule has 2 atom stereocenters. The van der Waals surface area contributed by atoms with Crippen LogP contribution in [-0.2, 0) is 4.79 Å². The fraction of sp³-hybridized carbons (Fsp3) is 0.933. The van der Waals surface area contributed by atoms with E-state index in [1.54, 1.807) is 0 Å². The third-order valence-electron chi connectivity index (χ3n) is 4.15. The molecular formula is C15H30N2O. The molecule has 0 radical (unpaired) electrons. The molecule has 1 fully saturated rings. The molecule has 18 heavy (non-hydrogen) atoms. The van der Waals surface area contributed by atoms with Crippen LogP contribution in [0.1, 0.15) is 58.8 Å². The molecule has 0 aromatic heterocycles. The Morgan fingerprint density at radius 2 is 2.22 bits per heavy atom. The number of carbonyl (C=O) groups is 1. The van der Waals surface area contributed by atoms with Gasteiger partial charge >= 0.3 is 0 Å². The standard InChI is InChI=1S/C15H30N2O/c1-3-5-8-14(4-2)15(18)17-11-6-7-13(12-17)9-10-16/h13-14H,3-12,16H2,1-2H3. The number of nitrogens with two attached hydrogens (primary N) is 1. The van der Waals surface area contributed by atoms with Crippen molar-refractivity contribution in [1.29, 1.82) is 0 Å². The Kier molecular flexibility index (Phi) is 7.33. The first-order valence-electron chi connectivity index (χ1n) is 7.71. The maximum atomic E-state index is 12.5. The Bertz CT molecular complexity index is 241. The summed E-state index contributed by atoms with van der Waals surface area (Å²) < 4.78 is 0. The lowest BCUT2D eigenvalue weighted by Gasteiger charge is -2.35. The van der Waals surface area contributed by atoms with Crippen molar-refractivity contribution in [2.45, 2.75) is 58.8 Å². The van der Waals surface area contributed by atoms with Crippen molar-refractivity contribution >= 4 is 5.91 Å². The zero-order valence-electron chi connectivity index (χ0n) is 12.2. The molecule has 3 nitrogen and oxygen atoms in total. The minimum Gasteiger partial charge on any atom is -0.342 e. The first-order valence-corrected chi connectivity index (χ1v) is 7.71. The van der Waals surface area contributed by atoms with E-state index in [4.69, 9.17) is 5.73 Å². The van der Waals surface area contributed by atoms with Crippen molar-refractivity contribution in [2.24, 2.45) is 17.6 Å². The number of carbonyl (C=O) groups excluding carboxylic acids is 1. The van der Waals surface area contributed by atoms with Crippen molar-refractivity contribution in [1.82, 2.24) is 4.90 Å². The monoisotopic (exact) mass is 254 g/mol. The Balaban J connectivity index is 2.47. The first kappa shape index (κ1) is 15.5. The van der Waals surface area contributed by atoms with Crippen LogP contribution in [0.4, 0.5) is 0 Å². The molecule has 0 bridgehead atoms. The minimum absolute atomic E-state index is 0.251. The molecule has 1 aliphatic heterocycles. The highest BCUT2D eigenvalue weighted by Gasteiger charge is 2.27. The highest BCUT2D eigenvalue weighted by atomic mass is 16.2. The zero-order chi connectivity index (χ0) is 13.4. The molecule has 1 amide bonds.